The Kier molecular flexibility index (Phi) is 8.12. The lowest BCUT2D eigenvalue weighted by Crippen LogP contribution is -2.54. The summed E-state index contributed by atoms with van der Waals surface area (Å²) in [4.78, 5) is 45.8. The molecule has 3 aliphatic rings. The van der Waals surface area contributed by atoms with Gasteiger partial charge in [-0.25, -0.2) is 0 Å². The molecule has 220 valence electrons. The molecule has 1 spiro atoms. The molecule has 3 N–H and O–H groups in total. The largest absolute Gasteiger partial charge is 0.394 e. The summed E-state index contributed by atoms with van der Waals surface area (Å²) in [6.07, 6.45) is 1.80. The highest BCUT2D eigenvalue weighted by atomic mass is 16.5. The first-order chi connectivity index (χ1) is 19.7. The topological polar surface area (TPSA) is 111 Å². The fourth-order valence-corrected chi connectivity index (χ4v) is 7.34. The zero-order valence-electron chi connectivity index (χ0n) is 24.4. The van der Waals surface area contributed by atoms with E-state index in [9.17, 15) is 19.5 Å². The Morgan fingerprint density at radius 1 is 1.05 bits per heavy atom. The molecule has 0 aromatic heterocycles. The highest BCUT2D eigenvalue weighted by Crippen LogP contribution is 2.64. The first-order valence-corrected chi connectivity index (χ1v) is 14.9. The summed E-state index contributed by atoms with van der Waals surface area (Å²) >= 11 is 0. The van der Waals surface area contributed by atoms with Crippen molar-refractivity contribution in [3.8, 4) is 0 Å². The van der Waals surface area contributed by atoms with Crippen LogP contribution in [0.2, 0.25) is 0 Å². The third-order valence-corrected chi connectivity index (χ3v) is 9.25. The van der Waals surface area contributed by atoms with Crippen molar-refractivity contribution < 1.29 is 24.2 Å². The van der Waals surface area contributed by atoms with Gasteiger partial charge in [0.25, 0.3) is 0 Å². The summed E-state index contributed by atoms with van der Waals surface area (Å²) < 4.78 is 6.69. The maximum Gasteiger partial charge on any atom is 0.250 e. The van der Waals surface area contributed by atoms with Crippen LogP contribution in [-0.2, 0) is 19.1 Å². The van der Waals surface area contributed by atoms with E-state index >= 15 is 0 Å². The first kappa shape index (κ1) is 29.1. The van der Waals surface area contributed by atoms with E-state index in [0.29, 0.717) is 30.6 Å². The van der Waals surface area contributed by atoms with Crippen molar-refractivity contribution in [1.82, 2.24) is 10.2 Å². The van der Waals surface area contributed by atoms with Crippen LogP contribution >= 0.6 is 0 Å². The smallest absolute Gasteiger partial charge is 0.250 e. The van der Waals surface area contributed by atoms with Crippen molar-refractivity contribution in [1.29, 1.82) is 0 Å². The fourth-order valence-electron chi connectivity index (χ4n) is 7.34. The van der Waals surface area contributed by atoms with Gasteiger partial charge >= 0.3 is 0 Å². The van der Waals surface area contributed by atoms with Crippen LogP contribution in [0.3, 0.4) is 0 Å². The zero-order valence-corrected chi connectivity index (χ0v) is 24.4. The molecule has 2 aromatic rings. The molecule has 3 saturated heterocycles. The van der Waals surface area contributed by atoms with Gasteiger partial charge in [0.2, 0.25) is 17.7 Å². The van der Waals surface area contributed by atoms with Gasteiger partial charge in [0.1, 0.15) is 11.6 Å². The number of likely N-dealkylation sites (tertiary alicyclic amines) is 1. The number of rotatable bonds is 11. The van der Waals surface area contributed by atoms with Crippen LogP contribution in [0.4, 0.5) is 11.4 Å². The first-order valence-electron chi connectivity index (χ1n) is 14.9. The Morgan fingerprint density at radius 2 is 1.73 bits per heavy atom. The van der Waals surface area contributed by atoms with Crippen molar-refractivity contribution in [2.75, 3.05) is 36.5 Å². The lowest BCUT2D eigenvalue weighted by atomic mass is 9.66. The van der Waals surface area contributed by atoms with E-state index in [2.05, 4.69) is 29.4 Å². The summed E-state index contributed by atoms with van der Waals surface area (Å²) in [6, 6.07) is 15.1. The van der Waals surface area contributed by atoms with Gasteiger partial charge < -0.3 is 30.3 Å². The van der Waals surface area contributed by atoms with Crippen LogP contribution in [0, 0.1) is 11.8 Å². The molecule has 3 aliphatic heterocycles. The summed E-state index contributed by atoms with van der Waals surface area (Å²) in [6.45, 7) is 9.92. The molecule has 0 radical (unpaired) electrons. The number of nitrogens with one attached hydrogen (secondary N) is 2. The van der Waals surface area contributed by atoms with E-state index in [1.54, 1.807) is 0 Å². The van der Waals surface area contributed by atoms with Gasteiger partial charge in [-0.1, -0.05) is 37.3 Å². The molecule has 6 atom stereocenters. The minimum atomic E-state index is -1.17. The number of anilines is 2. The number of aliphatic hydroxyl groups excluding tert-OH is 1. The molecule has 3 amide bonds. The van der Waals surface area contributed by atoms with E-state index in [-0.39, 0.29) is 24.3 Å². The lowest BCUT2D eigenvalue weighted by Gasteiger charge is -2.37. The predicted molar refractivity (Wildman–Crippen MR) is 157 cm³/mol. The van der Waals surface area contributed by atoms with E-state index in [1.807, 2.05) is 68.4 Å². The van der Waals surface area contributed by atoms with Crippen LogP contribution < -0.4 is 15.5 Å². The van der Waals surface area contributed by atoms with E-state index in [0.717, 1.165) is 25.2 Å². The molecule has 2 aromatic carbocycles. The molecule has 0 saturated carbocycles. The summed E-state index contributed by atoms with van der Waals surface area (Å²) in [5, 5.41) is 16.6. The number of ether oxygens (including phenoxy) is 1. The van der Waals surface area contributed by atoms with Crippen molar-refractivity contribution in [2.45, 2.75) is 70.2 Å². The van der Waals surface area contributed by atoms with Crippen molar-refractivity contribution in [3.63, 3.8) is 0 Å². The number of nitrogens with zero attached hydrogens (tertiary/aromatic N) is 2. The summed E-state index contributed by atoms with van der Waals surface area (Å²) in [5.74, 6) is -2.48. The van der Waals surface area contributed by atoms with Crippen molar-refractivity contribution in [3.05, 3.63) is 60.2 Å². The second kappa shape index (κ2) is 11.4. The summed E-state index contributed by atoms with van der Waals surface area (Å²) in [5.41, 5.74) is 0.354. The van der Waals surface area contributed by atoms with E-state index in [1.165, 1.54) is 4.90 Å². The minimum Gasteiger partial charge on any atom is -0.394 e. The van der Waals surface area contributed by atoms with Crippen LogP contribution in [0.5, 0.6) is 0 Å². The predicted octanol–water partition coefficient (Wildman–Crippen LogP) is 3.50. The van der Waals surface area contributed by atoms with Gasteiger partial charge in [0.05, 0.1) is 30.1 Å². The second-order valence-electron chi connectivity index (χ2n) is 11.6. The average molecular weight is 563 g/mol. The molecule has 9 nitrogen and oxygen atoms in total. The fraction of sp³-hybridized carbons (Fsp3) is 0.531. The highest BCUT2D eigenvalue weighted by molar-refractivity contribution is 6.04. The number of aliphatic hydroxyl groups is 1. The van der Waals surface area contributed by atoms with Gasteiger partial charge in [-0.05, 0) is 69.9 Å². The van der Waals surface area contributed by atoms with Gasteiger partial charge in [-0.3, -0.25) is 14.4 Å². The van der Waals surface area contributed by atoms with Crippen LogP contribution in [-0.4, -0.2) is 71.2 Å². The third kappa shape index (κ3) is 4.78. The number of hydrogen-bond donors (Lipinski definition) is 3. The normalized spacial score (nSPS) is 28.9. The highest BCUT2D eigenvalue weighted by Gasteiger charge is 2.78. The monoisotopic (exact) mass is 562 g/mol. The Bertz CT molecular complexity index is 1270. The molecule has 41 heavy (non-hydrogen) atoms. The maximum atomic E-state index is 14.4. The van der Waals surface area contributed by atoms with Crippen LogP contribution in [0.1, 0.15) is 58.6 Å². The zero-order chi connectivity index (χ0) is 29.4. The SMILES string of the molecule is CCCNC(=O)[C@H]1[C@H]2C(=O)N([C@H](CO)c3ccccc3)C(C(=O)Nc3ccc(N(CC)CC)cc3)C23CC[C@]1(C)O3. The molecule has 3 fully saturated rings. The van der Waals surface area contributed by atoms with Crippen molar-refractivity contribution >= 4 is 29.1 Å². The number of carbonyl (C=O) groups excluding carboxylic acids is 3. The van der Waals surface area contributed by atoms with E-state index < -0.39 is 35.1 Å². The van der Waals surface area contributed by atoms with Gasteiger partial charge in [0, 0.05) is 31.0 Å². The number of benzene rings is 2. The molecular formula is C32H42N4O5. The Labute approximate surface area is 242 Å². The maximum absolute atomic E-state index is 14.4. The second-order valence-corrected chi connectivity index (χ2v) is 11.6. The molecule has 0 aliphatic carbocycles. The number of fused-ring (bicyclic) bond motifs is 1. The third-order valence-electron chi connectivity index (χ3n) is 9.25. The van der Waals surface area contributed by atoms with Crippen LogP contribution in [0.15, 0.2) is 54.6 Å². The lowest BCUT2D eigenvalue weighted by molar-refractivity contribution is -0.148. The van der Waals surface area contributed by atoms with Crippen molar-refractivity contribution in [2.24, 2.45) is 11.8 Å². The molecule has 2 bridgehead atoms. The Hall–Kier alpha value is -3.43. The average Bonchev–Trinajstić information content (AvgIpc) is 3.55. The number of amides is 3. The number of carbonyl (C=O) groups is 3. The van der Waals surface area contributed by atoms with Crippen LogP contribution in [0.25, 0.3) is 0 Å². The quantitative estimate of drug-likeness (QED) is 0.387. The minimum absolute atomic E-state index is 0.220. The molecule has 2 unspecified atom stereocenters. The van der Waals surface area contributed by atoms with Gasteiger partial charge in [-0.15, -0.1) is 0 Å². The summed E-state index contributed by atoms with van der Waals surface area (Å²) in [7, 11) is 0. The molecule has 9 heteroatoms. The standard InChI is InChI=1S/C32H42N4O5/c1-5-19-33-28(38)25-26-30(40)36(24(20-37)21-11-9-8-10-12-21)27(32(26)18-17-31(25,4)41-32)29(39)34-22-13-15-23(16-14-22)35(6-2)7-3/h8-16,24-27,37H,5-7,17-20H2,1-4H3,(H,33,38)(H,34,39)/t24-,25-,26+,27?,31+,32?/m1/s1. The van der Waals surface area contributed by atoms with Gasteiger partial charge in [0.15, 0.2) is 0 Å². The Balaban J connectivity index is 1.54. The molecular weight excluding hydrogens is 520 g/mol. The molecule has 3 heterocycles. The van der Waals surface area contributed by atoms with Gasteiger partial charge in [-0.2, -0.15) is 0 Å². The van der Waals surface area contributed by atoms with E-state index in [4.69, 9.17) is 4.74 Å². The number of hydrogen-bond acceptors (Lipinski definition) is 6. The molecule has 5 rings (SSSR count). The Morgan fingerprint density at radius 3 is 2.34 bits per heavy atom.